The number of carbonyl (C=O) groups is 1. The molecular formula is C14H14BrNO2. The van der Waals surface area contributed by atoms with Gasteiger partial charge in [0.15, 0.2) is 0 Å². The Morgan fingerprint density at radius 3 is 2.50 bits per heavy atom. The van der Waals surface area contributed by atoms with Crippen molar-refractivity contribution in [2.75, 3.05) is 7.05 Å². The lowest BCUT2D eigenvalue weighted by molar-refractivity contribution is 0.0785. The fraction of sp³-hybridized carbons (Fsp3) is 0.214. The van der Waals surface area contributed by atoms with Gasteiger partial charge in [-0.15, -0.1) is 0 Å². The second kappa shape index (κ2) is 5.87. The third kappa shape index (κ3) is 3.01. The van der Waals surface area contributed by atoms with Crippen LogP contribution in [0.3, 0.4) is 0 Å². The van der Waals surface area contributed by atoms with Crippen molar-refractivity contribution in [3.63, 3.8) is 0 Å². The van der Waals surface area contributed by atoms with Crippen LogP contribution >= 0.6 is 15.9 Å². The summed E-state index contributed by atoms with van der Waals surface area (Å²) in [6.07, 6.45) is 3.26. The summed E-state index contributed by atoms with van der Waals surface area (Å²) in [7, 11) is 1.79. The van der Waals surface area contributed by atoms with Crippen LogP contribution in [0.15, 0.2) is 47.3 Å². The predicted molar refractivity (Wildman–Crippen MR) is 73.6 cm³/mol. The average Bonchev–Trinajstić information content (AvgIpc) is 2.91. The summed E-state index contributed by atoms with van der Waals surface area (Å²) in [5.74, 6) is 0.0114. The topological polar surface area (TPSA) is 33.5 Å². The SMILES string of the molecule is CN(Cc1ccoc1)C(=O)c1ccc(CBr)cc1. The van der Waals surface area contributed by atoms with E-state index in [1.807, 2.05) is 30.3 Å². The number of rotatable bonds is 4. The Kier molecular flexibility index (Phi) is 4.20. The highest BCUT2D eigenvalue weighted by Crippen LogP contribution is 2.11. The molecule has 0 atom stereocenters. The number of hydrogen-bond acceptors (Lipinski definition) is 2. The summed E-state index contributed by atoms with van der Waals surface area (Å²) in [4.78, 5) is 13.8. The van der Waals surface area contributed by atoms with E-state index in [9.17, 15) is 4.79 Å². The lowest BCUT2D eigenvalue weighted by Gasteiger charge is -2.16. The van der Waals surface area contributed by atoms with Gasteiger partial charge in [0.1, 0.15) is 0 Å². The van der Waals surface area contributed by atoms with Crippen LogP contribution in [0.4, 0.5) is 0 Å². The first-order chi connectivity index (χ1) is 8.70. The Labute approximate surface area is 115 Å². The van der Waals surface area contributed by atoms with E-state index in [-0.39, 0.29) is 5.91 Å². The Morgan fingerprint density at radius 2 is 1.94 bits per heavy atom. The highest BCUT2D eigenvalue weighted by atomic mass is 79.9. The quantitative estimate of drug-likeness (QED) is 0.811. The van der Waals surface area contributed by atoms with Crippen LogP contribution in [-0.4, -0.2) is 17.9 Å². The van der Waals surface area contributed by atoms with Gasteiger partial charge in [0.05, 0.1) is 12.5 Å². The molecule has 0 aliphatic rings. The lowest BCUT2D eigenvalue weighted by Crippen LogP contribution is -2.25. The van der Waals surface area contributed by atoms with E-state index in [0.717, 1.165) is 16.5 Å². The summed E-state index contributed by atoms with van der Waals surface area (Å²) in [5, 5.41) is 0.798. The van der Waals surface area contributed by atoms with Crippen molar-refractivity contribution in [2.24, 2.45) is 0 Å². The van der Waals surface area contributed by atoms with E-state index in [4.69, 9.17) is 4.42 Å². The zero-order valence-corrected chi connectivity index (χ0v) is 11.7. The van der Waals surface area contributed by atoms with Gasteiger partial charge in [0.25, 0.3) is 5.91 Å². The number of benzene rings is 1. The lowest BCUT2D eigenvalue weighted by atomic mass is 10.1. The van der Waals surface area contributed by atoms with Crippen LogP contribution < -0.4 is 0 Å². The summed E-state index contributed by atoms with van der Waals surface area (Å²) >= 11 is 3.38. The van der Waals surface area contributed by atoms with E-state index in [2.05, 4.69) is 15.9 Å². The summed E-state index contributed by atoms with van der Waals surface area (Å²) in [6.45, 7) is 0.551. The van der Waals surface area contributed by atoms with Crippen molar-refractivity contribution >= 4 is 21.8 Å². The van der Waals surface area contributed by atoms with Gasteiger partial charge in [0.2, 0.25) is 0 Å². The second-order valence-electron chi connectivity index (χ2n) is 4.12. The number of carbonyl (C=O) groups excluding carboxylic acids is 1. The third-order valence-corrected chi connectivity index (χ3v) is 3.35. The molecule has 0 spiro atoms. The molecule has 0 unspecified atom stereocenters. The maximum atomic E-state index is 12.2. The fourth-order valence-electron chi connectivity index (χ4n) is 1.69. The van der Waals surface area contributed by atoms with Gasteiger partial charge in [-0.25, -0.2) is 0 Å². The Balaban J connectivity index is 2.05. The molecule has 94 valence electrons. The number of alkyl halides is 1. The highest BCUT2D eigenvalue weighted by Gasteiger charge is 2.12. The van der Waals surface area contributed by atoms with E-state index >= 15 is 0 Å². The second-order valence-corrected chi connectivity index (χ2v) is 4.68. The Morgan fingerprint density at radius 1 is 1.22 bits per heavy atom. The number of amides is 1. The molecule has 3 nitrogen and oxygen atoms in total. The molecule has 1 aromatic carbocycles. The van der Waals surface area contributed by atoms with E-state index in [0.29, 0.717) is 12.1 Å². The molecule has 0 saturated heterocycles. The maximum Gasteiger partial charge on any atom is 0.253 e. The van der Waals surface area contributed by atoms with Gasteiger partial charge in [-0.1, -0.05) is 28.1 Å². The molecule has 0 aliphatic carbocycles. The Hall–Kier alpha value is -1.55. The zero-order chi connectivity index (χ0) is 13.0. The molecule has 4 heteroatoms. The van der Waals surface area contributed by atoms with E-state index in [1.54, 1.807) is 24.5 Å². The highest BCUT2D eigenvalue weighted by molar-refractivity contribution is 9.08. The fourth-order valence-corrected chi connectivity index (χ4v) is 2.06. The van der Waals surface area contributed by atoms with Crippen molar-refractivity contribution in [3.8, 4) is 0 Å². The van der Waals surface area contributed by atoms with Crippen LogP contribution in [0.5, 0.6) is 0 Å². The zero-order valence-electron chi connectivity index (χ0n) is 10.1. The molecule has 0 fully saturated rings. The number of halogens is 1. The van der Waals surface area contributed by atoms with Crippen LogP contribution in [0.25, 0.3) is 0 Å². The molecule has 0 N–H and O–H groups in total. The molecule has 0 saturated carbocycles. The molecule has 0 aliphatic heterocycles. The van der Waals surface area contributed by atoms with Crippen LogP contribution in [0.1, 0.15) is 21.5 Å². The summed E-state index contributed by atoms with van der Waals surface area (Å²) in [5.41, 5.74) is 2.85. The van der Waals surface area contributed by atoms with Crippen molar-refractivity contribution in [1.29, 1.82) is 0 Å². The van der Waals surface area contributed by atoms with Crippen LogP contribution in [0, 0.1) is 0 Å². The third-order valence-electron chi connectivity index (χ3n) is 2.70. The van der Waals surface area contributed by atoms with Crippen molar-refractivity contribution in [2.45, 2.75) is 11.9 Å². The predicted octanol–water partition coefficient (Wildman–Crippen LogP) is 3.45. The average molecular weight is 308 g/mol. The summed E-state index contributed by atoms with van der Waals surface area (Å²) < 4.78 is 4.99. The minimum Gasteiger partial charge on any atom is -0.472 e. The molecule has 0 bridgehead atoms. The monoisotopic (exact) mass is 307 g/mol. The van der Waals surface area contributed by atoms with E-state index in [1.165, 1.54) is 0 Å². The Bertz CT molecular complexity index is 505. The molecule has 1 aromatic heterocycles. The molecular weight excluding hydrogens is 294 g/mol. The van der Waals surface area contributed by atoms with Gasteiger partial charge < -0.3 is 9.32 Å². The van der Waals surface area contributed by atoms with Gasteiger partial charge in [-0.05, 0) is 23.8 Å². The largest absolute Gasteiger partial charge is 0.472 e. The van der Waals surface area contributed by atoms with Gasteiger partial charge in [-0.3, -0.25) is 4.79 Å². The standard InChI is InChI=1S/C14H14BrNO2/c1-16(9-12-6-7-18-10-12)14(17)13-4-2-11(8-15)3-5-13/h2-7,10H,8-9H2,1H3. The molecule has 1 amide bonds. The molecule has 0 radical (unpaired) electrons. The van der Waals surface area contributed by atoms with Crippen molar-refractivity contribution < 1.29 is 9.21 Å². The first-order valence-corrected chi connectivity index (χ1v) is 6.74. The molecule has 1 heterocycles. The van der Waals surface area contributed by atoms with Crippen molar-refractivity contribution in [3.05, 3.63) is 59.5 Å². The number of furan rings is 1. The number of hydrogen-bond donors (Lipinski definition) is 0. The minimum absolute atomic E-state index is 0.0114. The molecule has 2 aromatic rings. The normalized spacial score (nSPS) is 10.3. The van der Waals surface area contributed by atoms with E-state index < -0.39 is 0 Å². The van der Waals surface area contributed by atoms with Crippen LogP contribution in [0.2, 0.25) is 0 Å². The minimum atomic E-state index is 0.0114. The smallest absolute Gasteiger partial charge is 0.253 e. The maximum absolute atomic E-state index is 12.2. The van der Waals surface area contributed by atoms with Gasteiger partial charge >= 0.3 is 0 Å². The first kappa shape index (κ1) is 12.9. The van der Waals surface area contributed by atoms with Crippen molar-refractivity contribution in [1.82, 2.24) is 4.90 Å². The van der Waals surface area contributed by atoms with Crippen LogP contribution in [-0.2, 0) is 11.9 Å². The van der Waals surface area contributed by atoms with Gasteiger partial charge in [0, 0.05) is 30.0 Å². The summed E-state index contributed by atoms with van der Waals surface area (Å²) in [6, 6.07) is 9.47. The first-order valence-electron chi connectivity index (χ1n) is 5.62. The van der Waals surface area contributed by atoms with Gasteiger partial charge in [-0.2, -0.15) is 0 Å². The number of nitrogens with zero attached hydrogens (tertiary/aromatic N) is 1. The molecule has 2 rings (SSSR count). The molecule has 18 heavy (non-hydrogen) atoms.